The largest absolute Gasteiger partial charge is 0.296 e. The number of thiazole rings is 1. The van der Waals surface area contributed by atoms with Gasteiger partial charge in [-0.1, -0.05) is 15.9 Å². The van der Waals surface area contributed by atoms with E-state index < -0.39 is 0 Å². The normalized spacial score (nSPS) is 23.1. The van der Waals surface area contributed by atoms with E-state index in [1.54, 1.807) is 11.3 Å². The van der Waals surface area contributed by atoms with E-state index in [0.717, 1.165) is 17.8 Å². The van der Waals surface area contributed by atoms with Gasteiger partial charge in [0.25, 0.3) is 0 Å². The van der Waals surface area contributed by atoms with Crippen molar-refractivity contribution in [1.82, 2.24) is 9.88 Å². The van der Waals surface area contributed by atoms with Gasteiger partial charge in [0.05, 0.1) is 6.54 Å². The number of rotatable bonds is 4. The molecule has 0 saturated carbocycles. The molecule has 1 aromatic heterocycles. The van der Waals surface area contributed by atoms with Crippen LogP contribution in [0.25, 0.3) is 0 Å². The number of hydrogen-bond donors (Lipinski definition) is 0. The second kappa shape index (κ2) is 5.97. The second-order valence-electron chi connectivity index (χ2n) is 4.15. The summed E-state index contributed by atoms with van der Waals surface area (Å²) in [4.78, 5) is 6.90. The molecule has 0 spiro atoms. The summed E-state index contributed by atoms with van der Waals surface area (Å²) in [6.07, 6.45) is 5.97. The molecule has 1 unspecified atom stereocenters. The first kappa shape index (κ1) is 11.6. The van der Waals surface area contributed by atoms with E-state index in [0.29, 0.717) is 0 Å². The van der Waals surface area contributed by atoms with Gasteiger partial charge >= 0.3 is 0 Å². The van der Waals surface area contributed by atoms with Crippen LogP contribution in [0, 0.1) is 5.92 Å². The van der Waals surface area contributed by atoms with Crippen molar-refractivity contribution >= 4 is 27.3 Å². The summed E-state index contributed by atoms with van der Waals surface area (Å²) in [5.41, 5.74) is 0. The van der Waals surface area contributed by atoms with Crippen molar-refractivity contribution in [2.24, 2.45) is 5.92 Å². The van der Waals surface area contributed by atoms with Crippen LogP contribution in [0.5, 0.6) is 0 Å². The number of halogens is 1. The fourth-order valence-corrected chi connectivity index (χ4v) is 3.51. The molecule has 0 radical (unpaired) electrons. The Morgan fingerprint density at radius 3 is 3.27 bits per heavy atom. The van der Waals surface area contributed by atoms with E-state index >= 15 is 0 Å². The Morgan fingerprint density at radius 1 is 1.60 bits per heavy atom. The Hall–Kier alpha value is 0.0700. The SMILES string of the molecule is BrCCC1CCCN(Cc2nccs2)C1. The van der Waals surface area contributed by atoms with Crippen molar-refractivity contribution in [1.29, 1.82) is 0 Å². The van der Waals surface area contributed by atoms with Crippen LogP contribution >= 0.6 is 27.3 Å². The third kappa shape index (κ3) is 3.54. The van der Waals surface area contributed by atoms with Crippen LogP contribution in [0.1, 0.15) is 24.3 Å². The van der Waals surface area contributed by atoms with Crippen LogP contribution < -0.4 is 0 Å². The zero-order valence-electron chi connectivity index (χ0n) is 8.86. The van der Waals surface area contributed by atoms with Gasteiger partial charge in [0.15, 0.2) is 0 Å². The summed E-state index contributed by atoms with van der Waals surface area (Å²) < 4.78 is 0. The van der Waals surface area contributed by atoms with Crippen LogP contribution in [0.4, 0.5) is 0 Å². The predicted molar refractivity (Wildman–Crippen MR) is 68.5 cm³/mol. The molecule has 1 fully saturated rings. The van der Waals surface area contributed by atoms with Crippen molar-refractivity contribution < 1.29 is 0 Å². The number of nitrogens with zero attached hydrogens (tertiary/aromatic N) is 2. The van der Waals surface area contributed by atoms with Gasteiger partial charge in [-0.05, 0) is 31.7 Å². The topological polar surface area (TPSA) is 16.1 Å². The lowest BCUT2D eigenvalue weighted by molar-refractivity contribution is 0.165. The molecule has 0 amide bonds. The molecule has 1 aliphatic rings. The predicted octanol–water partition coefficient (Wildman–Crippen LogP) is 3.14. The summed E-state index contributed by atoms with van der Waals surface area (Å²) in [5, 5.41) is 4.47. The number of hydrogen-bond acceptors (Lipinski definition) is 3. The molecule has 1 aliphatic heterocycles. The van der Waals surface area contributed by atoms with Gasteiger partial charge in [-0.2, -0.15) is 0 Å². The summed E-state index contributed by atoms with van der Waals surface area (Å²) in [7, 11) is 0. The summed E-state index contributed by atoms with van der Waals surface area (Å²) in [6.45, 7) is 3.56. The van der Waals surface area contributed by atoms with E-state index in [-0.39, 0.29) is 0 Å². The van der Waals surface area contributed by atoms with Crippen LogP contribution in [0.2, 0.25) is 0 Å². The third-order valence-electron chi connectivity index (χ3n) is 2.96. The zero-order valence-corrected chi connectivity index (χ0v) is 11.3. The first-order valence-corrected chi connectivity index (χ1v) is 7.55. The quantitative estimate of drug-likeness (QED) is 0.792. The van der Waals surface area contributed by atoms with E-state index in [4.69, 9.17) is 0 Å². The maximum Gasteiger partial charge on any atom is 0.107 e. The molecule has 0 aliphatic carbocycles. The van der Waals surface area contributed by atoms with E-state index in [9.17, 15) is 0 Å². The van der Waals surface area contributed by atoms with Crippen LogP contribution in [0.15, 0.2) is 11.6 Å². The van der Waals surface area contributed by atoms with E-state index in [1.807, 2.05) is 6.20 Å². The van der Waals surface area contributed by atoms with Gasteiger partial charge in [0, 0.05) is 23.5 Å². The lowest BCUT2D eigenvalue weighted by Gasteiger charge is -2.31. The minimum atomic E-state index is 0.887. The molecule has 0 N–H and O–H groups in total. The number of piperidine rings is 1. The Morgan fingerprint density at radius 2 is 2.53 bits per heavy atom. The lowest BCUT2D eigenvalue weighted by atomic mass is 9.96. The Labute approximate surface area is 104 Å². The Bertz CT molecular complexity index is 274. The van der Waals surface area contributed by atoms with Crippen molar-refractivity contribution in [2.75, 3.05) is 18.4 Å². The smallest absolute Gasteiger partial charge is 0.107 e. The molecule has 2 nitrogen and oxygen atoms in total. The number of likely N-dealkylation sites (tertiary alicyclic amines) is 1. The average Bonchev–Trinajstić information content (AvgIpc) is 2.71. The molecule has 0 aromatic carbocycles. The fourth-order valence-electron chi connectivity index (χ4n) is 2.21. The van der Waals surface area contributed by atoms with E-state index in [2.05, 4.69) is 31.2 Å². The third-order valence-corrected chi connectivity index (χ3v) is 4.19. The first-order chi connectivity index (χ1) is 7.38. The molecule has 15 heavy (non-hydrogen) atoms. The molecule has 2 heterocycles. The van der Waals surface area contributed by atoms with E-state index in [1.165, 1.54) is 37.4 Å². The summed E-state index contributed by atoms with van der Waals surface area (Å²) >= 11 is 5.31. The lowest BCUT2D eigenvalue weighted by Crippen LogP contribution is -2.35. The Balaban J connectivity index is 1.82. The summed E-state index contributed by atoms with van der Waals surface area (Å²) in [5.74, 6) is 0.887. The molecule has 84 valence electrons. The van der Waals surface area contributed by atoms with Gasteiger partial charge in [-0.25, -0.2) is 4.98 Å². The minimum Gasteiger partial charge on any atom is -0.296 e. The fraction of sp³-hybridized carbons (Fsp3) is 0.727. The van der Waals surface area contributed by atoms with Gasteiger partial charge in [0.2, 0.25) is 0 Å². The average molecular weight is 289 g/mol. The zero-order chi connectivity index (χ0) is 10.5. The first-order valence-electron chi connectivity index (χ1n) is 5.55. The molecular weight excluding hydrogens is 272 g/mol. The van der Waals surface area contributed by atoms with Gasteiger partial charge in [0.1, 0.15) is 5.01 Å². The highest BCUT2D eigenvalue weighted by atomic mass is 79.9. The van der Waals surface area contributed by atoms with Crippen molar-refractivity contribution in [3.8, 4) is 0 Å². The standard InChI is InChI=1S/C11H17BrN2S/c12-4-3-10-2-1-6-14(8-10)9-11-13-5-7-15-11/h5,7,10H,1-4,6,8-9H2. The highest BCUT2D eigenvalue weighted by Gasteiger charge is 2.19. The molecule has 1 atom stereocenters. The molecule has 4 heteroatoms. The maximum atomic E-state index is 4.35. The van der Waals surface area contributed by atoms with Crippen LogP contribution in [-0.4, -0.2) is 28.3 Å². The van der Waals surface area contributed by atoms with Crippen molar-refractivity contribution in [3.63, 3.8) is 0 Å². The molecular formula is C11H17BrN2S. The highest BCUT2D eigenvalue weighted by molar-refractivity contribution is 9.09. The minimum absolute atomic E-state index is 0.887. The Kier molecular flexibility index (Phi) is 4.60. The summed E-state index contributed by atoms with van der Waals surface area (Å²) in [6, 6.07) is 0. The molecule has 1 aromatic rings. The maximum absolute atomic E-state index is 4.35. The number of alkyl halides is 1. The van der Waals surface area contributed by atoms with Crippen LogP contribution in [-0.2, 0) is 6.54 Å². The van der Waals surface area contributed by atoms with Gasteiger partial charge in [-0.15, -0.1) is 11.3 Å². The monoisotopic (exact) mass is 288 g/mol. The second-order valence-corrected chi connectivity index (χ2v) is 5.92. The van der Waals surface area contributed by atoms with Gasteiger partial charge in [-0.3, -0.25) is 4.90 Å². The van der Waals surface area contributed by atoms with Crippen LogP contribution in [0.3, 0.4) is 0 Å². The van der Waals surface area contributed by atoms with Gasteiger partial charge < -0.3 is 0 Å². The van der Waals surface area contributed by atoms with Crippen molar-refractivity contribution in [3.05, 3.63) is 16.6 Å². The number of aromatic nitrogens is 1. The molecule has 1 saturated heterocycles. The molecule has 0 bridgehead atoms. The van der Waals surface area contributed by atoms with Crippen molar-refractivity contribution in [2.45, 2.75) is 25.8 Å². The highest BCUT2D eigenvalue weighted by Crippen LogP contribution is 2.22. The molecule has 2 rings (SSSR count).